The van der Waals surface area contributed by atoms with Crippen molar-refractivity contribution in [1.29, 1.82) is 0 Å². The molecule has 0 aliphatic carbocycles. The predicted octanol–water partition coefficient (Wildman–Crippen LogP) is 2.96. The number of ether oxygens (including phenoxy) is 1. The van der Waals surface area contributed by atoms with Gasteiger partial charge in [-0.25, -0.2) is 9.79 Å². The molecule has 0 spiro atoms. The number of nitrogens with zero attached hydrogens (tertiary/aromatic N) is 2. The third-order valence-electron chi connectivity index (χ3n) is 4.09. The number of carboxylic acids is 1. The average Bonchev–Trinajstić information content (AvgIpc) is 2.82. The number of pyridine rings is 1. The summed E-state index contributed by atoms with van der Waals surface area (Å²) >= 11 is 16.8. The first-order chi connectivity index (χ1) is 11.9. The number of aromatic nitrogens is 1. The van der Waals surface area contributed by atoms with Gasteiger partial charge in [0, 0.05) is 6.20 Å². The Hall–Kier alpha value is -1.41. The molecule has 0 aromatic carbocycles. The van der Waals surface area contributed by atoms with E-state index >= 15 is 0 Å². The van der Waals surface area contributed by atoms with Gasteiger partial charge >= 0.3 is 5.97 Å². The van der Waals surface area contributed by atoms with E-state index in [-0.39, 0.29) is 42.1 Å². The molecule has 1 atom stereocenters. The topological polar surface area (TPSA) is 101 Å². The molecule has 1 aromatic rings. The van der Waals surface area contributed by atoms with Crippen molar-refractivity contribution in [3.8, 4) is 0 Å². The summed E-state index contributed by atoms with van der Waals surface area (Å²) in [7, 11) is 0. The van der Waals surface area contributed by atoms with Gasteiger partial charge in [-0.3, -0.25) is 9.78 Å². The van der Waals surface area contributed by atoms with Crippen LogP contribution >= 0.6 is 34.8 Å². The van der Waals surface area contributed by atoms with Crippen LogP contribution in [0.4, 0.5) is 0 Å². The van der Waals surface area contributed by atoms with Crippen LogP contribution in [0.3, 0.4) is 0 Å². The van der Waals surface area contributed by atoms with E-state index in [1.807, 2.05) is 13.8 Å². The molecular formula is C16H18Cl3N3O4. The smallest absolute Gasteiger partial charge is 0.338 e. The fourth-order valence-electron chi connectivity index (χ4n) is 2.27. The van der Waals surface area contributed by atoms with E-state index in [2.05, 4.69) is 15.3 Å². The second kappa shape index (κ2) is 7.68. The lowest BCUT2D eigenvalue weighted by Gasteiger charge is -2.21. The third-order valence-corrected chi connectivity index (χ3v) is 4.42. The quantitative estimate of drug-likeness (QED) is 0.686. The lowest BCUT2D eigenvalue weighted by Crippen LogP contribution is -2.41. The molecule has 10 heteroatoms. The molecule has 2 heterocycles. The van der Waals surface area contributed by atoms with Crippen LogP contribution in [0.1, 0.15) is 42.4 Å². The minimum Gasteiger partial charge on any atom is -0.478 e. The minimum absolute atomic E-state index is 0.0179. The van der Waals surface area contributed by atoms with E-state index in [0.717, 1.165) is 0 Å². The Morgan fingerprint density at radius 2 is 2.08 bits per heavy atom. The number of carbonyl (C=O) groups is 2. The van der Waals surface area contributed by atoms with Crippen molar-refractivity contribution in [1.82, 2.24) is 10.3 Å². The van der Waals surface area contributed by atoms with Crippen LogP contribution in [0.5, 0.6) is 0 Å². The molecule has 0 saturated heterocycles. The number of hydrogen-bond acceptors (Lipinski definition) is 5. The molecule has 1 aliphatic heterocycles. The molecule has 0 saturated carbocycles. The number of amidine groups is 1. The van der Waals surface area contributed by atoms with Gasteiger partial charge in [-0.1, -0.05) is 48.7 Å². The van der Waals surface area contributed by atoms with Crippen LogP contribution in [-0.4, -0.2) is 43.7 Å². The first kappa shape index (κ1) is 20.9. The Morgan fingerprint density at radius 1 is 1.42 bits per heavy atom. The maximum Gasteiger partial charge on any atom is 0.338 e. The molecule has 26 heavy (non-hydrogen) atoms. The number of carboxylic acid groups (broad SMARTS) is 1. The molecule has 0 radical (unpaired) electrons. The minimum atomic E-state index is -1.56. The maximum absolute atomic E-state index is 12.2. The van der Waals surface area contributed by atoms with E-state index in [0.29, 0.717) is 5.56 Å². The van der Waals surface area contributed by atoms with Crippen molar-refractivity contribution < 1.29 is 19.4 Å². The van der Waals surface area contributed by atoms with Gasteiger partial charge in [0.05, 0.1) is 18.8 Å². The molecule has 1 amide bonds. The van der Waals surface area contributed by atoms with Crippen LogP contribution in [0.2, 0.25) is 0 Å². The van der Waals surface area contributed by atoms with E-state index < -0.39 is 15.3 Å². The standard InChI is InChI=1S/C16H18Cl3N3O4/c1-8(2)15(3)14(25)21-12(22-15)11-10(13(23)24)4-9(5-20-11)6-26-7-16(17,18)19/h4-5,8H,6-7H2,1-3H3,(H,23,24)(H,21,22,25). The summed E-state index contributed by atoms with van der Waals surface area (Å²) in [5.41, 5.74) is -0.511. The van der Waals surface area contributed by atoms with Gasteiger partial charge in [-0.15, -0.1) is 0 Å². The van der Waals surface area contributed by atoms with Crippen molar-refractivity contribution >= 4 is 52.5 Å². The number of hydrogen-bond donors (Lipinski definition) is 2. The summed E-state index contributed by atoms with van der Waals surface area (Å²) in [5, 5.41) is 12.1. The van der Waals surface area contributed by atoms with E-state index in [4.69, 9.17) is 39.5 Å². The zero-order valence-electron chi connectivity index (χ0n) is 14.3. The summed E-state index contributed by atoms with van der Waals surface area (Å²) in [4.78, 5) is 32.4. The third kappa shape index (κ3) is 4.65. The highest BCUT2D eigenvalue weighted by molar-refractivity contribution is 6.67. The summed E-state index contributed by atoms with van der Waals surface area (Å²) in [5.74, 6) is -1.43. The number of amides is 1. The lowest BCUT2D eigenvalue weighted by atomic mass is 9.89. The second-order valence-corrected chi connectivity index (χ2v) is 8.89. The maximum atomic E-state index is 12.2. The first-order valence-corrected chi connectivity index (χ1v) is 8.86. The van der Waals surface area contributed by atoms with Crippen molar-refractivity contribution in [2.45, 2.75) is 36.7 Å². The van der Waals surface area contributed by atoms with Gasteiger partial charge in [0.1, 0.15) is 11.2 Å². The van der Waals surface area contributed by atoms with Crippen LogP contribution in [0, 0.1) is 5.92 Å². The van der Waals surface area contributed by atoms with Gasteiger partial charge in [0.15, 0.2) is 5.84 Å². The van der Waals surface area contributed by atoms with E-state index in [9.17, 15) is 14.7 Å². The van der Waals surface area contributed by atoms with Crippen LogP contribution < -0.4 is 5.32 Å². The largest absolute Gasteiger partial charge is 0.478 e. The highest BCUT2D eigenvalue weighted by atomic mass is 35.6. The number of nitrogens with one attached hydrogen (secondary N) is 1. The number of alkyl halides is 3. The zero-order valence-corrected chi connectivity index (χ0v) is 16.6. The number of halogens is 3. The summed E-state index contributed by atoms with van der Waals surface area (Å²) in [6, 6.07) is 1.39. The lowest BCUT2D eigenvalue weighted by molar-refractivity contribution is -0.124. The Kier molecular flexibility index (Phi) is 6.17. The van der Waals surface area contributed by atoms with Crippen LogP contribution in [0.15, 0.2) is 17.3 Å². The van der Waals surface area contributed by atoms with Crippen LogP contribution in [-0.2, 0) is 16.1 Å². The van der Waals surface area contributed by atoms with E-state index in [1.54, 1.807) is 6.92 Å². The van der Waals surface area contributed by atoms with Gasteiger partial charge in [-0.05, 0) is 24.5 Å². The Bertz CT molecular complexity index is 762. The van der Waals surface area contributed by atoms with Crippen molar-refractivity contribution in [2.24, 2.45) is 10.9 Å². The van der Waals surface area contributed by atoms with Crippen LogP contribution in [0.25, 0.3) is 0 Å². The first-order valence-electron chi connectivity index (χ1n) is 7.72. The molecule has 2 rings (SSSR count). The van der Waals surface area contributed by atoms with Crippen molar-refractivity contribution in [2.75, 3.05) is 6.61 Å². The molecule has 2 N–H and O–H groups in total. The van der Waals surface area contributed by atoms with E-state index in [1.165, 1.54) is 12.3 Å². The van der Waals surface area contributed by atoms with Crippen molar-refractivity contribution in [3.05, 3.63) is 29.1 Å². The highest BCUT2D eigenvalue weighted by Gasteiger charge is 2.43. The average molecular weight is 423 g/mol. The van der Waals surface area contributed by atoms with Crippen molar-refractivity contribution in [3.63, 3.8) is 0 Å². The summed E-state index contributed by atoms with van der Waals surface area (Å²) in [6.45, 7) is 5.28. The molecular weight excluding hydrogens is 405 g/mol. The number of rotatable bonds is 6. The fraction of sp³-hybridized carbons (Fsp3) is 0.500. The van der Waals surface area contributed by atoms with Gasteiger partial charge in [-0.2, -0.15) is 0 Å². The molecule has 0 fully saturated rings. The monoisotopic (exact) mass is 421 g/mol. The Labute approximate surface area is 165 Å². The molecule has 1 aromatic heterocycles. The normalized spacial score (nSPS) is 20.3. The summed E-state index contributed by atoms with van der Waals surface area (Å²) in [6.07, 6.45) is 1.43. The van der Waals surface area contributed by atoms with Gasteiger partial charge in [0.25, 0.3) is 5.91 Å². The molecule has 1 aliphatic rings. The van der Waals surface area contributed by atoms with Gasteiger partial charge < -0.3 is 15.2 Å². The molecule has 1 unspecified atom stereocenters. The SMILES string of the molecule is CC(C)C1(C)N=C(c2ncc(COCC(Cl)(Cl)Cl)cc2C(=O)O)NC1=O. The second-order valence-electron chi connectivity index (χ2n) is 6.37. The molecule has 0 bridgehead atoms. The molecule has 7 nitrogen and oxygen atoms in total. The highest BCUT2D eigenvalue weighted by Crippen LogP contribution is 2.28. The predicted molar refractivity (Wildman–Crippen MR) is 99.1 cm³/mol. The Balaban J connectivity index is 2.30. The number of aromatic carboxylic acids is 1. The molecule has 142 valence electrons. The Morgan fingerprint density at radius 3 is 2.58 bits per heavy atom. The van der Waals surface area contributed by atoms with Gasteiger partial charge in [0.2, 0.25) is 3.79 Å². The number of aliphatic imine (C=N–C) groups is 1. The number of carbonyl (C=O) groups excluding carboxylic acids is 1. The fourth-order valence-corrected chi connectivity index (χ4v) is 2.50. The summed E-state index contributed by atoms with van der Waals surface area (Å²) < 4.78 is 3.67. The zero-order chi connectivity index (χ0) is 19.7.